The third-order valence-corrected chi connectivity index (χ3v) is 6.92. The fourth-order valence-corrected chi connectivity index (χ4v) is 4.68. The minimum absolute atomic E-state index is 0.00533. The van der Waals surface area contributed by atoms with E-state index in [1.807, 2.05) is 0 Å². The number of hydrogen-bond donors (Lipinski definition) is 0. The highest BCUT2D eigenvalue weighted by atomic mass is 35.5. The standard InChI is InChI=1S/C17H14Cl3NO3S/c1-21(25(23,24)13-5-2-11(18)3-6-13)16(22)17(8-9-17)14-7-4-12(19)10-15(14)20/h2-7,10H,8-9H2,1H3. The van der Waals surface area contributed by atoms with E-state index in [-0.39, 0.29) is 4.90 Å². The molecule has 0 bridgehead atoms. The summed E-state index contributed by atoms with van der Waals surface area (Å²) in [7, 11) is -2.71. The van der Waals surface area contributed by atoms with Crippen LogP contribution in [0, 0.1) is 0 Å². The minimum Gasteiger partial charge on any atom is -0.273 e. The van der Waals surface area contributed by atoms with Crippen molar-refractivity contribution in [3.63, 3.8) is 0 Å². The summed E-state index contributed by atoms with van der Waals surface area (Å²) in [5.41, 5.74) is -0.322. The van der Waals surface area contributed by atoms with Gasteiger partial charge in [0.1, 0.15) is 0 Å². The fraction of sp³-hybridized carbons (Fsp3) is 0.235. The van der Waals surface area contributed by atoms with Crippen molar-refractivity contribution in [3.05, 3.63) is 63.1 Å². The summed E-state index contributed by atoms with van der Waals surface area (Å²) < 4.78 is 26.3. The number of nitrogens with zero attached hydrogens (tertiary/aromatic N) is 1. The number of carbonyl (C=O) groups excluding carboxylic acids is 1. The van der Waals surface area contributed by atoms with Gasteiger partial charge in [0.25, 0.3) is 10.0 Å². The molecule has 132 valence electrons. The van der Waals surface area contributed by atoms with Crippen LogP contribution in [0.1, 0.15) is 18.4 Å². The lowest BCUT2D eigenvalue weighted by Crippen LogP contribution is -2.40. The molecule has 0 radical (unpaired) electrons. The van der Waals surface area contributed by atoms with Gasteiger partial charge in [-0.3, -0.25) is 4.79 Å². The van der Waals surface area contributed by atoms with Crippen LogP contribution in [0.3, 0.4) is 0 Å². The van der Waals surface area contributed by atoms with Crippen LogP contribution in [0.5, 0.6) is 0 Å². The van der Waals surface area contributed by atoms with Gasteiger partial charge in [-0.05, 0) is 54.8 Å². The first-order chi connectivity index (χ1) is 11.7. The van der Waals surface area contributed by atoms with Gasteiger partial charge in [-0.1, -0.05) is 40.9 Å². The molecule has 0 N–H and O–H groups in total. The molecule has 3 rings (SSSR count). The second-order valence-corrected chi connectivity index (χ2v) is 9.19. The molecule has 1 aliphatic rings. The maximum Gasteiger partial charge on any atom is 0.266 e. The lowest BCUT2D eigenvalue weighted by atomic mass is 9.95. The van der Waals surface area contributed by atoms with Gasteiger partial charge in [-0.15, -0.1) is 0 Å². The van der Waals surface area contributed by atoms with E-state index in [1.54, 1.807) is 18.2 Å². The molecule has 1 saturated carbocycles. The van der Waals surface area contributed by atoms with E-state index >= 15 is 0 Å². The van der Waals surface area contributed by atoms with Crippen LogP contribution < -0.4 is 0 Å². The first-order valence-corrected chi connectivity index (χ1v) is 10.0. The van der Waals surface area contributed by atoms with Gasteiger partial charge < -0.3 is 0 Å². The summed E-state index contributed by atoms with van der Waals surface area (Å²) in [6.45, 7) is 0. The van der Waals surface area contributed by atoms with Gasteiger partial charge in [0.15, 0.2) is 0 Å². The smallest absolute Gasteiger partial charge is 0.266 e. The molecule has 0 aliphatic heterocycles. The van der Waals surface area contributed by atoms with Gasteiger partial charge >= 0.3 is 0 Å². The number of halogens is 3. The third kappa shape index (κ3) is 3.26. The molecule has 1 aliphatic carbocycles. The van der Waals surface area contributed by atoms with E-state index in [9.17, 15) is 13.2 Å². The Morgan fingerprint density at radius 1 is 1.00 bits per heavy atom. The average Bonchev–Trinajstić information content (AvgIpc) is 3.35. The van der Waals surface area contributed by atoms with E-state index in [0.29, 0.717) is 33.5 Å². The Morgan fingerprint density at radius 3 is 2.08 bits per heavy atom. The number of rotatable bonds is 4. The van der Waals surface area contributed by atoms with Gasteiger partial charge in [-0.2, -0.15) is 0 Å². The van der Waals surface area contributed by atoms with E-state index in [2.05, 4.69) is 0 Å². The highest BCUT2D eigenvalue weighted by Gasteiger charge is 2.55. The fourth-order valence-electron chi connectivity index (χ4n) is 2.78. The van der Waals surface area contributed by atoms with E-state index < -0.39 is 21.3 Å². The monoisotopic (exact) mass is 417 g/mol. The van der Waals surface area contributed by atoms with Crippen molar-refractivity contribution in [2.45, 2.75) is 23.2 Å². The SMILES string of the molecule is CN(C(=O)C1(c2ccc(Cl)cc2Cl)CC1)S(=O)(=O)c1ccc(Cl)cc1. The molecule has 0 atom stereocenters. The summed E-state index contributed by atoms with van der Waals surface area (Å²) in [6.07, 6.45) is 1.07. The Hall–Kier alpha value is -1.27. The maximum absolute atomic E-state index is 13.0. The van der Waals surface area contributed by atoms with Crippen molar-refractivity contribution in [1.29, 1.82) is 0 Å². The van der Waals surface area contributed by atoms with Crippen LogP contribution in [0.4, 0.5) is 0 Å². The first kappa shape index (κ1) is 18.5. The van der Waals surface area contributed by atoms with E-state index in [0.717, 1.165) is 4.31 Å². The van der Waals surface area contributed by atoms with Gasteiger partial charge in [-0.25, -0.2) is 12.7 Å². The molecule has 2 aromatic rings. The van der Waals surface area contributed by atoms with Crippen LogP contribution in [0.15, 0.2) is 47.4 Å². The van der Waals surface area contributed by atoms with Crippen LogP contribution in [0.25, 0.3) is 0 Å². The predicted octanol–water partition coefficient (Wildman–Crippen LogP) is 4.53. The molecule has 0 spiro atoms. The van der Waals surface area contributed by atoms with Crippen LogP contribution in [0.2, 0.25) is 15.1 Å². The highest BCUT2D eigenvalue weighted by Crippen LogP contribution is 2.52. The van der Waals surface area contributed by atoms with Crippen molar-refractivity contribution in [2.24, 2.45) is 0 Å². The molecule has 4 nitrogen and oxygen atoms in total. The number of benzene rings is 2. The van der Waals surface area contributed by atoms with E-state index in [4.69, 9.17) is 34.8 Å². The molecule has 1 amide bonds. The van der Waals surface area contributed by atoms with Crippen molar-refractivity contribution < 1.29 is 13.2 Å². The second-order valence-electron chi connectivity index (χ2n) is 5.94. The lowest BCUT2D eigenvalue weighted by molar-refractivity contribution is -0.128. The lowest BCUT2D eigenvalue weighted by Gasteiger charge is -2.24. The second kappa shape index (κ2) is 6.47. The van der Waals surface area contributed by atoms with Crippen molar-refractivity contribution >= 4 is 50.7 Å². The number of carbonyl (C=O) groups is 1. The minimum atomic E-state index is -3.97. The molecule has 25 heavy (non-hydrogen) atoms. The molecule has 0 saturated heterocycles. The normalized spacial score (nSPS) is 15.7. The Bertz CT molecular complexity index is 938. The predicted molar refractivity (Wildman–Crippen MR) is 98.8 cm³/mol. The maximum atomic E-state index is 13.0. The first-order valence-electron chi connectivity index (χ1n) is 7.43. The Labute approximate surface area is 161 Å². The molecule has 0 unspecified atom stereocenters. The topological polar surface area (TPSA) is 54.5 Å². The third-order valence-electron chi connectivity index (χ3n) is 4.36. The van der Waals surface area contributed by atoms with Crippen LogP contribution in [-0.4, -0.2) is 25.7 Å². The molecular weight excluding hydrogens is 405 g/mol. The summed E-state index contributed by atoms with van der Waals surface area (Å²) in [6, 6.07) is 10.6. The largest absolute Gasteiger partial charge is 0.273 e. The molecule has 1 fully saturated rings. The molecule has 8 heteroatoms. The Morgan fingerprint density at radius 2 is 1.56 bits per heavy atom. The highest BCUT2D eigenvalue weighted by molar-refractivity contribution is 7.89. The van der Waals surface area contributed by atoms with Crippen molar-refractivity contribution in [3.8, 4) is 0 Å². The average molecular weight is 419 g/mol. The zero-order valence-corrected chi connectivity index (χ0v) is 16.3. The molecule has 2 aromatic carbocycles. The van der Waals surface area contributed by atoms with Crippen molar-refractivity contribution in [1.82, 2.24) is 4.31 Å². The number of hydrogen-bond acceptors (Lipinski definition) is 3. The zero-order valence-electron chi connectivity index (χ0n) is 13.2. The number of sulfonamides is 1. The van der Waals surface area contributed by atoms with E-state index in [1.165, 1.54) is 31.3 Å². The summed E-state index contributed by atoms with van der Waals surface area (Å²) in [5.74, 6) is -0.508. The quantitative estimate of drug-likeness (QED) is 0.733. The Balaban J connectivity index is 1.95. The summed E-state index contributed by atoms with van der Waals surface area (Å²) in [4.78, 5) is 13.0. The molecule has 0 aromatic heterocycles. The van der Waals surface area contributed by atoms with Crippen molar-refractivity contribution in [2.75, 3.05) is 7.05 Å². The zero-order chi connectivity index (χ0) is 18.4. The molecule has 0 heterocycles. The van der Waals surface area contributed by atoms with Crippen LogP contribution in [-0.2, 0) is 20.2 Å². The number of amides is 1. The van der Waals surface area contributed by atoms with Gasteiger partial charge in [0.2, 0.25) is 5.91 Å². The Kier molecular flexibility index (Phi) is 4.79. The summed E-state index contributed by atoms with van der Waals surface area (Å²) >= 11 is 17.9. The van der Waals surface area contributed by atoms with Gasteiger partial charge in [0.05, 0.1) is 10.3 Å². The number of likely N-dealkylation sites (N-methyl/N-ethyl adjacent to an activating group) is 1. The summed E-state index contributed by atoms with van der Waals surface area (Å²) in [5, 5.41) is 1.23. The van der Waals surface area contributed by atoms with Gasteiger partial charge in [0, 0.05) is 22.1 Å². The van der Waals surface area contributed by atoms with Crippen LogP contribution >= 0.6 is 34.8 Å². The molecular formula is C17H14Cl3NO3S.